The van der Waals surface area contributed by atoms with E-state index in [1.54, 1.807) is 24.3 Å². The molecule has 0 aliphatic heterocycles. The Morgan fingerprint density at radius 2 is 1.53 bits per heavy atom. The third kappa shape index (κ3) is 7.93. The van der Waals surface area contributed by atoms with Gasteiger partial charge in [-0.2, -0.15) is 0 Å². The van der Waals surface area contributed by atoms with Crippen molar-refractivity contribution in [2.24, 2.45) is 5.73 Å². The maximum absolute atomic E-state index is 12.4. The number of benzene rings is 2. The van der Waals surface area contributed by atoms with Gasteiger partial charge in [-0.1, -0.05) is 30.0 Å². The molecule has 2 aromatic carbocycles. The van der Waals surface area contributed by atoms with Crippen LogP contribution in [0.25, 0.3) is 0 Å². The van der Waals surface area contributed by atoms with E-state index in [0.717, 1.165) is 11.1 Å². The topological polar surface area (TPSA) is 81.4 Å². The van der Waals surface area contributed by atoms with Crippen LogP contribution in [0.5, 0.6) is 0 Å². The first-order valence-corrected chi connectivity index (χ1v) is 9.63. The Bertz CT molecular complexity index is 982. The van der Waals surface area contributed by atoms with Crippen molar-refractivity contribution in [2.45, 2.75) is 32.4 Å². The van der Waals surface area contributed by atoms with Crippen LogP contribution in [0.1, 0.15) is 42.3 Å². The Morgan fingerprint density at radius 1 is 0.967 bits per heavy atom. The summed E-state index contributed by atoms with van der Waals surface area (Å²) in [7, 11) is 0. The van der Waals surface area contributed by atoms with Crippen molar-refractivity contribution in [3.05, 3.63) is 71.3 Å². The van der Waals surface area contributed by atoms with Gasteiger partial charge >= 0.3 is 0 Å². The molecule has 0 spiro atoms. The molecule has 3 N–H and O–H groups in total. The summed E-state index contributed by atoms with van der Waals surface area (Å²) >= 11 is 0. The lowest BCUT2D eigenvalue weighted by molar-refractivity contribution is -0.130. The van der Waals surface area contributed by atoms with E-state index >= 15 is 0 Å². The maximum atomic E-state index is 12.4. The van der Waals surface area contributed by atoms with Crippen LogP contribution < -0.4 is 11.1 Å². The summed E-state index contributed by atoms with van der Waals surface area (Å²) in [5.74, 6) is 10.9. The van der Waals surface area contributed by atoms with E-state index in [4.69, 9.17) is 10.5 Å². The quantitative estimate of drug-likeness (QED) is 0.728. The average Bonchev–Trinajstić information content (AvgIpc) is 2.74. The predicted molar refractivity (Wildman–Crippen MR) is 118 cm³/mol. The van der Waals surface area contributed by atoms with E-state index in [0.29, 0.717) is 5.56 Å². The molecule has 0 aliphatic rings. The van der Waals surface area contributed by atoms with E-state index in [-0.39, 0.29) is 24.8 Å². The van der Waals surface area contributed by atoms with Crippen molar-refractivity contribution in [3.63, 3.8) is 0 Å². The fraction of sp³-hybridized carbons (Fsp3) is 0.280. The molecule has 0 heterocycles. The second-order valence-corrected chi connectivity index (χ2v) is 7.57. The molecular weight excluding hydrogens is 376 g/mol. The Morgan fingerprint density at radius 3 is 2.07 bits per heavy atom. The van der Waals surface area contributed by atoms with Crippen LogP contribution in [0.4, 0.5) is 0 Å². The molecular formula is C25H26N2O3. The third-order valence-corrected chi connectivity index (χ3v) is 3.97. The molecule has 154 valence electrons. The smallest absolute Gasteiger partial charge is 0.251 e. The van der Waals surface area contributed by atoms with Gasteiger partial charge in [0.05, 0.1) is 5.60 Å². The summed E-state index contributed by atoms with van der Waals surface area (Å²) in [6.45, 7) is 5.46. The van der Waals surface area contributed by atoms with Crippen molar-refractivity contribution < 1.29 is 14.3 Å². The summed E-state index contributed by atoms with van der Waals surface area (Å²) in [5.41, 5.74) is 7.26. The molecule has 30 heavy (non-hydrogen) atoms. The van der Waals surface area contributed by atoms with Gasteiger partial charge in [0.2, 0.25) is 0 Å². The number of nitrogens with two attached hydrogens (primary N) is 1. The van der Waals surface area contributed by atoms with Gasteiger partial charge in [0, 0.05) is 23.2 Å². The number of carbonyl (C=O) groups is 2. The summed E-state index contributed by atoms with van der Waals surface area (Å²) in [6, 6.07) is 15.5. The monoisotopic (exact) mass is 402 g/mol. The molecule has 1 amide bonds. The van der Waals surface area contributed by atoms with Crippen molar-refractivity contribution in [1.29, 1.82) is 0 Å². The van der Waals surface area contributed by atoms with Crippen molar-refractivity contribution in [1.82, 2.24) is 5.32 Å². The number of rotatable bonds is 6. The zero-order valence-electron chi connectivity index (χ0n) is 17.5. The molecule has 0 fully saturated rings. The lowest BCUT2D eigenvalue weighted by Gasteiger charge is -2.21. The molecule has 0 unspecified atom stereocenters. The van der Waals surface area contributed by atoms with Crippen molar-refractivity contribution in [2.75, 3.05) is 13.2 Å². The van der Waals surface area contributed by atoms with Crippen LogP contribution in [0.3, 0.4) is 0 Å². The standard InChI is InChI=1S/C25H26N2O3/c1-25(2,3)30-18-23(28)22(17-26)27-24(29)21-15-13-20(14-16-21)12-8-7-11-19-9-5-4-6-10-19/h4-6,9-10,13-16,22H,17-18,26H2,1-3H3,(H,27,29)/t22-/m0/s1. The van der Waals surface area contributed by atoms with Crippen LogP contribution in [0, 0.1) is 23.7 Å². The van der Waals surface area contributed by atoms with E-state index < -0.39 is 11.6 Å². The average molecular weight is 402 g/mol. The summed E-state index contributed by atoms with van der Waals surface area (Å²) < 4.78 is 5.47. The second kappa shape index (κ2) is 11.0. The Balaban J connectivity index is 1.95. The number of hydrogen-bond acceptors (Lipinski definition) is 4. The van der Waals surface area contributed by atoms with Gasteiger partial charge in [0.25, 0.3) is 5.91 Å². The number of nitrogens with one attached hydrogen (secondary N) is 1. The fourth-order valence-corrected chi connectivity index (χ4v) is 2.33. The number of hydrogen-bond donors (Lipinski definition) is 2. The van der Waals surface area contributed by atoms with Crippen molar-refractivity contribution >= 4 is 11.7 Å². The molecule has 0 saturated heterocycles. The largest absolute Gasteiger partial charge is 0.368 e. The number of amides is 1. The van der Waals surface area contributed by atoms with Gasteiger partial charge in [-0.15, -0.1) is 0 Å². The number of ketones is 1. The van der Waals surface area contributed by atoms with Gasteiger partial charge in [0.1, 0.15) is 12.6 Å². The summed E-state index contributed by atoms with van der Waals surface area (Å²) in [4.78, 5) is 24.7. The van der Waals surface area contributed by atoms with Crippen LogP contribution >= 0.6 is 0 Å². The van der Waals surface area contributed by atoms with Gasteiger partial charge in [0.15, 0.2) is 5.78 Å². The van der Waals surface area contributed by atoms with Crippen molar-refractivity contribution in [3.8, 4) is 23.7 Å². The van der Waals surface area contributed by atoms with E-state index in [1.807, 2.05) is 51.1 Å². The Kier molecular flexibility index (Phi) is 8.38. The highest BCUT2D eigenvalue weighted by molar-refractivity contribution is 5.98. The summed E-state index contributed by atoms with van der Waals surface area (Å²) in [5, 5.41) is 2.66. The molecule has 5 heteroatoms. The number of Topliss-reactive ketones (excluding diaryl/α,β-unsaturated/α-hetero) is 1. The Hall–Kier alpha value is -3.38. The minimum Gasteiger partial charge on any atom is -0.368 e. The molecule has 2 aromatic rings. The summed E-state index contributed by atoms with van der Waals surface area (Å²) in [6.07, 6.45) is 0. The van der Waals surface area contributed by atoms with Gasteiger partial charge in [-0.3, -0.25) is 9.59 Å². The first-order chi connectivity index (χ1) is 14.3. The highest BCUT2D eigenvalue weighted by atomic mass is 16.5. The molecule has 0 bridgehead atoms. The normalized spacial score (nSPS) is 11.3. The Labute approximate surface area is 178 Å². The number of carbonyl (C=O) groups excluding carboxylic acids is 2. The van der Waals surface area contributed by atoms with E-state index in [9.17, 15) is 9.59 Å². The third-order valence-electron chi connectivity index (χ3n) is 3.97. The molecule has 0 aliphatic carbocycles. The minimum atomic E-state index is -0.799. The number of ether oxygens (including phenoxy) is 1. The molecule has 0 aromatic heterocycles. The highest BCUT2D eigenvalue weighted by Crippen LogP contribution is 2.07. The first-order valence-electron chi connectivity index (χ1n) is 9.63. The zero-order chi connectivity index (χ0) is 22.0. The van der Waals surface area contributed by atoms with Gasteiger partial charge in [-0.05, 0) is 69.0 Å². The van der Waals surface area contributed by atoms with E-state index in [2.05, 4.69) is 29.0 Å². The minimum absolute atomic E-state index is 0.00171. The van der Waals surface area contributed by atoms with Crippen LogP contribution in [-0.4, -0.2) is 36.5 Å². The molecule has 0 saturated carbocycles. The van der Waals surface area contributed by atoms with Crippen LogP contribution in [0.15, 0.2) is 54.6 Å². The maximum Gasteiger partial charge on any atom is 0.251 e. The van der Waals surface area contributed by atoms with Crippen LogP contribution in [0.2, 0.25) is 0 Å². The zero-order valence-corrected chi connectivity index (χ0v) is 17.5. The lowest BCUT2D eigenvalue weighted by Crippen LogP contribution is -2.47. The SMILES string of the molecule is CC(C)(C)OCC(=O)[C@H](CN)NC(=O)c1ccc(C#CC#Cc2ccccc2)cc1. The van der Waals surface area contributed by atoms with Crippen LogP contribution in [-0.2, 0) is 9.53 Å². The lowest BCUT2D eigenvalue weighted by atomic mass is 10.1. The molecule has 1 atom stereocenters. The molecule has 2 rings (SSSR count). The fourth-order valence-electron chi connectivity index (χ4n) is 2.33. The van der Waals surface area contributed by atoms with Gasteiger partial charge < -0.3 is 15.8 Å². The highest BCUT2D eigenvalue weighted by Gasteiger charge is 2.22. The first kappa shape index (κ1) is 22.9. The second-order valence-electron chi connectivity index (χ2n) is 7.57. The van der Waals surface area contributed by atoms with E-state index in [1.165, 1.54) is 0 Å². The molecule has 0 radical (unpaired) electrons. The van der Waals surface area contributed by atoms with Gasteiger partial charge in [-0.25, -0.2) is 0 Å². The molecule has 5 nitrogen and oxygen atoms in total. The predicted octanol–water partition coefficient (Wildman–Crippen LogP) is 2.53.